The number of rotatable bonds is 7. The van der Waals surface area contributed by atoms with E-state index < -0.39 is 0 Å². The van der Waals surface area contributed by atoms with Crippen LogP contribution in [0, 0.1) is 5.92 Å². The van der Waals surface area contributed by atoms with Crippen LogP contribution in [-0.2, 0) is 0 Å². The van der Waals surface area contributed by atoms with Crippen molar-refractivity contribution in [1.29, 1.82) is 0 Å². The first-order chi connectivity index (χ1) is 8.35. The van der Waals surface area contributed by atoms with Gasteiger partial charge >= 0.3 is 0 Å². The molecule has 2 atom stereocenters. The van der Waals surface area contributed by atoms with Gasteiger partial charge in [-0.25, -0.2) is 0 Å². The van der Waals surface area contributed by atoms with Gasteiger partial charge < -0.3 is 5.32 Å². The maximum absolute atomic E-state index is 3.88. The molecule has 0 bridgehead atoms. The predicted octanol–water partition coefficient (Wildman–Crippen LogP) is 4.31. The van der Waals surface area contributed by atoms with E-state index in [1.165, 1.54) is 37.7 Å². The normalized spacial score (nSPS) is 18.9. The zero-order valence-electron chi connectivity index (χ0n) is 11.2. The summed E-state index contributed by atoms with van der Waals surface area (Å²) in [6.45, 7) is 4.58. The highest BCUT2D eigenvalue weighted by molar-refractivity contribution is 5.19. The van der Waals surface area contributed by atoms with E-state index in [-0.39, 0.29) is 0 Å². The van der Waals surface area contributed by atoms with Gasteiger partial charge in [0.2, 0.25) is 0 Å². The number of nitrogens with one attached hydrogen (secondary N) is 1. The molecule has 0 spiro atoms. The zero-order valence-corrected chi connectivity index (χ0v) is 11.2. The first kappa shape index (κ1) is 12.6. The Hall–Kier alpha value is -0.820. The standard InChI is InChI=1S/C16H25N/c1-3-8-16(13-9-6-5-7-10-13)17-15(4-2)14-11-12-14/h5-7,9-10,14-17H,3-4,8,11-12H2,1-2H3. The number of benzene rings is 1. The van der Waals surface area contributed by atoms with E-state index in [4.69, 9.17) is 0 Å². The molecule has 17 heavy (non-hydrogen) atoms. The minimum atomic E-state index is 0.548. The summed E-state index contributed by atoms with van der Waals surface area (Å²) < 4.78 is 0. The van der Waals surface area contributed by atoms with Gasteiger partial charge in [0.25, 0.3) is 0 Å². The second-order valence-electron chi connectivity index (χ2n) is 5.27. The topological polar surface area (TPSA) is 12.0 Å². The second-order valence-corrected chi connectivity index (χ2v) is 5.27. The van der Waals surface area contributed by atoms with Gasteiger partial charge in [0.1, 0.15) is 0 Å². The number of hydrogen-bond acceptors (Lipinski definition) is 1. The Kier molecular flexibility index (Phi) is 4.61. The van der Waals surface area contributed by atoms with Crippen LogP contribution in [-0.4, -0.2) is 6.04 Å². The maximum atomic E-state index is 3.88. The summed E-state index contributed by atoms with van der Waals surface area (Å²) in [6, 6.07) is 12.2. The van der Waals surface area contributed by atoms with Crippen LogP contribution in [0.3, 0.4) is 0 Å². The van der Waals surface area contributed by atoms with Gasteiger partial charge in [-0.15, -0.1) is 0 Å². The Morgan fingerprint density at radius 3 is 2.41 bits per heavy atom. The van der Waals surface area contributed by atoms with Gasteiger partial charge in [-0.2, -0.15) is 0 Å². The van der Waals surface area contributed by atoms with E-state index in [1.807, 2.05) is 0 Å². The fourth-order valence-corrected chi connectivity index (χ4v) is 2.66. The quantitative estimate of drug-likeness (QED) is 0.737. The smallest absolute Gasteiger partial charge is 0.0322 e. The summed E-state index contributed by atoms with van der Waals surface area (Å²) in [4.78, 5) is 0. The summed E-state index contributed by atoms with van der Waals surface area (Å²) >= 11 is 0. The van der Waals surface area contributed by atoms with Crippen LogP contribution >= 0.6 is 0 Å². The van der Waals surface area contributed by atoms with Gasteiger partial charge in [0.15, 0.2) is 0 Å². The average Bonchev–Trinajstić information content (AvgIpc) is 3.20. The van der Waals surface area contributed by atoms with Crippen LogP contribution in [0.25, 0.3) is 0 Å². The van der Waals surface area contributed by atoms with E-state index in [1.54, 1.807) is 0 Å². The van der Waals surface area contributed by atoms with Crippen LogP contribution in [0.2, 0.25) is 0 Å². The van der Waals surface area contributed by atoms with Gasteiger partial charge in [-0.3, -0.25) is 0 Å². The fraction of sp³-hybridized carbons (Fsp3) is 0.625. The van der Waals surface area contributed by atoms with E-state index in [0.29, 0.717) is 6.04 Å². The molecule has 1 nitrogen and oxygen atoms in total. The molecule has 1 aliphatic rings. The molecule has 0 saturated heterocycles. The molecular weight excluding hydrogens is 206 g/mol. The summed E-state index contributed by atoms with van der Waals surface area (Å²) in [6.07, 6.45) is 6.61. The van der Waals surface area contributed by atoms with Crippen molar-refractivity contribution in [2.45, 2.75) is 58.0 Å². The van der Waals surface area contributed by atoms with Crippen LogP contribution < -0.4 is 5.32 Å². The van der Waals surface area contributed by atoms with Crippen molar-refractivity contribution in [3.63, 3.8) is 0 Å². The largest absolute Gasteiger partial charge is 0.307 e. The fourth-order valence-electron chi connectivity index (χ4n) is 2.66. The van der Waals surface area contributed by atoms with Crippen molar-refractivity contribution in [2.75, 3.05) is 0 Å². The zero-order chi connectivity index (χ0) is 12.1. The van der Waals surface area contributed by atoms with Gasteiger partial charge in [-0.1, -0.05) is 50.6 Å². The highest BCUT2D eigenvalue weighted by Gasteiger charge is 2.31. The Labute approximate surface area is 106 Å². The minimum absolute atomic E-state index is 0.548. The monoisotopic (exact) mass is 231 g/mol. The summed E-state index contributed by atoms with van der Waals surface area (Å²) in [5.74, 6) is 0.947. The van der Waals surface area contributed by atoms with E-state index in [9.17, 15) is 0 Å². The van der Waals surface area contributed by atoms with Crippen LogP contribution in [0.4, 0.5) is 0 Å². The predicted molar refractivity (Wildman–Crippen MR) is 74.0 cm³/mol. The summed E-state index contributed by atoms with van der Waals surface area (Å²) in [7, 11) is 0. The molecule has 1 aromatic carbocycles. The molecule has 1 aliphatic carbocycles. The molecule has 2 rings (SSSR count). The molecule has 0 aromatic heterocycles. The molecule has 1 heteroatoms. The molecule has 0 radical (unpaired) electrons. The average molecular weight is 231 g/mol. The lowest BCUT2D eigenvalue weighted by atomic mass is 9.99. The third kappa shape index (κ3) is 3.57. The molecule has 1 N–H and O–H groups in total. The first-order valence-corrected chi connectivity index (χ1v) is 7.16. The highest BCUT2D eigenvalue weighted by atomic mass is 15.0. The molecule has 0 amide bonds. The van der Waals surface area contributed by atoms with Crippen molar-refractivity contribution < 1.29 is 0 Å². The van der Waals surface area contributed by atoms with Crippen LogP contribution in [0.1, 0.15) is 57.6 Å². The minimum Gasteiger partial charge on any atom is -0.307 e. The summed E-state index contributed by atoms with van der Waals surface area (Å²) in [5, 5.41) is 3.88. The van der Waals surface area contributed by atoms with Crippen molar-refractivity contribution >= 4 is 0 Å². The third-order valence-corrected chi connectivity index (χ3v) is 3.83. The maximum Gasteiger partial charge on any atom is 0.0322 e. The molecular formula is C16H25N. The Morgan fingerprint density at radius 1 is 1.18 bits per heavy atom. The first-order valence-electron chi connectivity index (χ1n) is 7.16. The van der Waals surface area contributed by atoms with E-state index in [2.05, 4.69) is 49.5 Å². The van der Waals surface area contributed by atoms with Crippen LogP contribution in [0.5, 0.6) is 0 Å². The lowest BCUT2D eigenvalue weighted by Crippen LogP contribution is -2.34. The molecule has 1 saturated carbocycles. The molecule has 1 fully saturated rings. The highest BCUT2D eigenvalue weighted by Crippen LogP contribution is 2.35. The molecule has 0 aliphatic heterocycles. The van der Waals surface area contributed by atoms with Crippen molar-refractivity contribution in [2.24, 2.45) is 5.92 Å². The lowest BCUT2D eigenvalue weighted by Gasteiger charge is -2.25. The Morgan fingerprint density at radius 2 is 1.88 bits per heavy atom. The van der Waals surface area contributed by atoms with Crippen molar-refractivity contribution in [3.05, 3.63) is 35.9 Å². The van der Waals surface area contributed by atoms with E-state index in [0.717, 1.165) is 12.0 Å². The Balaban J connectivity index is 2.01. The van der Waals surface area contributed by atoms with Gasteiger partial charge in [0.05, 0.1) is 0 Å². The number of hydrogen-bond donors (Lipinski definition) is 1. The summed E-state index contributed by atoms with van der Waals surface area (Å²) in [5.41, 5.74) is 1.45. The van der Waals surface area contributed by atoms with E-state index >= 15 is 0 Å². The molecule has 1 aromatic rings. The third-order valence-electron chi connectivity index (χ3n) is 3.83. The molecule has 94 valence electrons. The molecule has 0 heterocycles. The van der Waals surface area contributed by atoms with Crippen molar-refractivity contribution in [3.8, 4) is 0 Å². The van der Waals surface area contributed by atoms with Gasteiger partial charge in [0, 0.05) is 12.1 Å². The van der Waals surface area contributed by atoms with Crippen molar-refractivity contribution in [1.82, 2.24) is 5.32 Å². The second kappa shape index (κ2) is 6.20. The SMILES string of the molecule is CCCC(NC(CC)C1CC1)c1ccccc1. The molecule has 2 unspecified atom stereocenters. The van der Waals surface area contributed by atoms with Crippen LogP contribution in [0.15, 0.2) is 30.3 Å². The lowest BCUT2D eigenvalue weighted by molar-refractivity contribution is 0.374. The van der Waals surface area contributed by atoms with Gasteiger partial charge in [-0.05, 0) is 37.2 Å². The Bertz CT molecular complexity index is 316.